The van der Waals surface area contributed by atoms with E-state index in [1.165, 1.54) is 12.4 Å². The second-order valence-electron chi connectivity index (χ2n) is 5.00. The molecule has 0 radical (unpaired) electrons. The van der Waals surface area contributed by atoms with Gasteiger partial charge in [-0.15, -0.1) is 0 Å². The van der Waals surface area contributed by atoms with Gasteiger partial charge in [-0.1, -0.05) is 42.5 Å². The fourth-order valence-corrected chi connectivity index (χ4v) is 2.23. The summed E-state index contributed by atoms with van der Waals surface area (Å²) in [6.07, 6.45) is 2.98. The van der Waals surface area contributed by atoms with Crippen LogP contribution in [0.15, 0.2) is 67.0 Å². The van der Waals surface area contributed by atoms with Gasteiger partial charge in [-0.25, -0.2) is 14.8 Å². The molecule has 0 saturated heterocycles. The van der Waals surface area contributed by atoms with Crippen LogP contribution in [0.25, 0.3) is 11.1 Å². The number of nitriles is 1. The van der Waals surface area contributed by atoms with Crippen molar-refractivity contribution in [2.45, 2.75) is 6.61 Å². The molecule has 0 atom stereocenters. The van der Waals surface area contributed by atoms with E-state index in [-0.39, 0.29) is 12.4 Å². The number of esters is 1. The number of aromatic nitrogens is 2. The van der Waals surface area contributed by atoms with Crippen molar-refractivity contribution in [2.24, 2.45) is 0 Å². The molecule has 0 fully saturated rings. The summed E-state index contributed by atoms with van der Waals surface area (Å²) in [5.74, 6) is -0.522. The van der Waals surface area contributed by atoms with Gasteiger partial charge in [0, 0.05) is 12.4 Å². The number of hydrogen-bond donors (Lipinski definition) is 0. The van der Waals surface area contributed by atoms with Crippen LogP contribution in [0.2, 0.25) is 0 Å². The quantitative estimate of drug-likeness (QED) is 0.690. The normalized spacial score (nSPS) is 9.96. The first-order chi connectivity index (χ1) is 11.8. The van der Waals surface area contributed by atoms with E-state index in [1.54, 1.807) is 12.1 Å². The Bertz CT molecular complexity index is 884. The lowest BCUT2D eigenvalue weighted by Gasteiger charge is -2.07. The topological polar surface area (TPSA) is 75.9 Å². The summed E-state index contributed by atoms with van der Waals surface area (Å²) in [5, 5.41) is 9.17. The second kappa shape index (κ2) is 7.16. The van der Waals surface area contributed by atoms with Gasteiger partial charge in [-0.3, -0.25) is 0 Å². The molecule has 24 heavy (non-hydrogen) atoms. The maximum atomic E-state index is 11.8. The maximum Gasteiger partial charge on any atom is 0.376 e. The van der Waals surface area contributed by atoms with Gasteiger partial charge in [-0.2, -0.15) is 5.26 Å². The highest BCUT2D eigenvalue weighted by atomic mass is 16.5. The zero-order valence-electron chi connectivity index (χ0n) is 12.7. The van der Waals surface area contributed by atoms with Gasteiger partial charge in [0.25, 0.3) is 0 Å². The minimum Gasteiger partial charge on any atom is -0.455 e. The van der Waals surface area contributed by atoms with Crippen molar-refractivity contribution >= 4 is 5.97 Å². The molecule has 1 heterocycles. The van der Waals surface area contributed by atoms with Crippen LogP contribution in [-0.4, -0.2) is 15.9 Å². The SMILES string of the molecule is N#Cc1ccccc1-c1ccc(COC(=O)c2ncccn2)cc1. The Kier molecular flexibility index (Phi) is 4.59. The Labute approximate surface area is 139 Å². The molecular formula is C19H13N3O2. The van der Waals surface area contributed by atoms with Crippen LogP contribution in [0.1, 0.15) is 21.7 Å². The molecule has 0 N–H and O–H groups in total. The molecule has 116 valence electrons. The van der Waals surface area contributed by atoms with Crippen molar-refractivity contribution in [1.82, 2.24) is 9.97 Å². The minimum atomic E-state index is -0.561. The lowest BCUT2D eigenvalue weighted by atomic mass is 9.99. The van der Waals surface area contributed by atoms with E-state index in [2.05, 4.69) is 16.0 Å². The molecule has 1 aromatic heterocycles. The Morgan fingerprint density at radius 3 is 2.42 bits per heavy atom. The standard InChI is InChI=1S/C19H13N3O2/c20-12-16-4-1-2-5-17(16)15-8-6-14(7-9-15)13-24-19(23)18-21-10-3-11-22-18/h1-11H,13H2. The third kappa shape index (κ3) is 3.45. The molecule has 2 aromatic carbocycles. The van der Waals surface area contributed by atoms with Gasteiger partial charge in [0.15, 0.2) is 0 Å². The Balaban J connectivity index is 1.69. The van der Waals surface area contributed by atoms with E-state index in [9.17, 15) is 4.79 Å². The summed E-state index contributed by atoms with van der Waals surface area (Å²) in [7, 11) is 0. The molecule has 0 aliphatic carbocycles. The maximum absolute atomic E-state index is 11.8. The molecule has 5 nitrogen and oxygen atoms in total. The third-order valence-corrected chi connectivity index (χ3v) is 3.43. The predicted molar refractivity (Wildman–Crippen MR) is 87.7 cm³/mol. The Morgan fingerprint density at radius 2 is 1.71 bits per heavy atom. The molecule has 3 aromatic rings. The predicted octanol–water partition coefficient (Wildman–Crippen LogP) is 3.37. The zero-order chi connectivity index (χ0) is 16.8. The average Bonchev–Trinajstić information content (AvgIpc) is 2.67. The summed E-state index contributed by atoms with van der Waals surface area (Å²) in [6.45, 7) is 0.136. The second-order valence-corrected chi connectivity index (χ2v) is 5.00. The highest BCUT2D eigenvalue weighted by Crippen LogP contribution is 2.23. The van der Waals surface area contributed by atoms with Crippen LogP contribution < -0.4 is 0 Å². The third-order valence-electron chi connectivity index (χ3n) is 3.43. The fourth-order valence-electron chi connectivity index (χ4n) is 2.23. The van der Waals surface area contributed by atoms with E-state index in [0.717, 1.165) is 16.7 Å². The number of nitrogens with zero attached hydrogens (tertiary/aromatic N) is 3. The van der Waals surface area contributed by atoms with Gasteiger partial charge < -0.3 is 4.74 Å². The van der Waals surface area contributed by atoms with Crippen LogP contribution >= 0.6 is 0 Å². The van der Waals surface area contributed by atoms with Crippen molar-refractivity contribution < 1.29 is 9.53 Å². The van der Waals surface area contributed by atoms with E-state index in [4.69, 9.17) is 10.00 Å². The number of carbonyl (C=O) groups is 1. The molecule has 0 saturated carbocycles. The highest BCUT2D eigenvalue weighted by molar-refractivity contribution is 5.84. The molecule has 0 bridgehead atoms. The number of carbonyl (C=O) groups excluding carboxylic acids is 1. The van der Waals surface area contributed by atoms with E-state index in [0.29, 0.717) is 5.56 Å². The Hall–Kier alpha value is -3.52. The van der Waals surface area contributed by atoms with Crippen LogP contribution in [0.5, 0.6) is 0 Å². The lowest BCUT2D eigenvalue weighted by molar-refractivity contribution is 0.0458. The molecular weight excluding hydrogens is 302 g/mol. The summed E-state index contributed by atoms with van der Waals surface area (Å²) >= 11 is 0. The summed E-state index contributed by atoms with van der Waals surface area (Å²) in [5.41, 5.74) is 3.28. The first-order valence-electron chi connectivity index (χ1n) is 7.30. The van der Waals surface area contributed by atoms with E-state index < -0.39 is 5.97 Å². The summed E-state index contributed by atoms with van der Waals surface area (Å²) in [6, 6.07) is 18.8. The minimum absolute atomic E-state index is 0.0390. The summed E-state index contributed by atoms with van der Waals surface area (Å²) in [4.78, 5) is 19.5. The Morgan fingerprint density at radius 1 is 1.00 bits per heavy atom. The molecule has 0 spiro atoms. The number of rotatable bonds is 4. The first-order valence-corrected chi connectivity index (χ1v) is 7.30. The molecule has 3 rings (SSSR count). The van der Waals surface area contributed by atoms with Crippen LogP contribution in [0.3, 0.4) is 0 Å². The number of hydrogen-bond acceptors (Lipinski definition) is 5. The first kappa shape index (κ1) is 15.4. The van der Waals surface area contributed by atoms with Crippen molar-refractivity contribution in [3.63, 3.8) is 0 Å². The van der Waals surface area contributed by atoms with Crippen molar-refractivity contribution in [3.8, 4) is 17.2 Å². The monoisotopic (exact) mass is 315 g/mol. The van der Waals surface area contributed by atoms with Crippen molar-refractivity contribution in [3.05, 3.63) is 83.9 Å². The molecule has 0 aliphatic rings. The van der Waals surface area contributed by atoms with Gasteiger partial charge in [0.05, 0.1) is 11.6 Å². The van der Waals surface area contributed by atoms with Crippen molar-refractivity contribution in [2.75, 3.05) is 0 Å². The van der Waals surface area contributed by atoms with Gasteiger partial charge >= 0.3 is 5.97 Å². The van der Waals surface area contributed by atoms with Gasteiger partial charge in [0.2, 0.25) is 5.82 Å². The number of ether oxygens (including phenoxy) is 1. The van der Waals surface area contributed by atoms with Crippen molar-refractivity contribution in [1.29, 1.82) is 5.26 Å². The van der Waals surface area contributed by atoms with Crippen LogP contribution in [0, 0.1) is 11.3 Å². The largest absolute Gasteiger partial charge is 0.455 e. The lowest BCUT2D eigenvalue weighted by Crippen LogP contribution is -2.09. The smallest absolute Gasteiger partial charge is 0.376 e. The molecule has 0 amide bonds. The van der Waals surface area contributed by atoms with Crippen LogP contribution in [-0.2, 0) is 11.3 Å². The van der Waals surface area contributed by atoms with Crippen LogP contribution in [0.4, 0.5) is 0 Å². The fraction of sp³-hybridized carbons (Fsp3) is 0.0526. The summed E-state index contributed by atoms with van der Waals surface area (Å²) < 4.78 is 5.19. The average molecular weight is 315 g/mol. The molecule has 5 heteroatoms. The van der Waals surface area contributed by atoms with E-state index >= 15 is 0 Å². The van der Waals surface area contributed by atoms with Gasteiger partial charge in [0.1, 0.15) is 6.61 Å². The van der Waals surface area contributed by atoms with Gasteiger partial charge in [-0.05, 0) is 28.8 Å². The molecule has 0 unspecified atom stereocenters. The zero-order valence-corrected chi connectivity index (χ0v) is 12.7. The highest BCUT2D eigenvalue weighted by Gasteiger charge is 2.10. The number of benzene rings is 2. The van der Waals surface area contributed by atoms with E-state index in [1.807, 2.05) is 42.5 Å². The molecule has 0 aliphatic heterocycles.